The molecular weight excluding hydrogens is 212 g/mol. The highest BCUT2D eigenvalue weighted by atomic mass is 16.3. The minimum atomic E-state index is 0.0827. The van der Waals surface area contributed by atoms with Crippen LogP contribution >= 0.6 is 0 Å². The molecule has 2 heterocycles. The Bertz CT molecular complexity index is 376. The third-order valence-electron chi connectivity index (χ3n) is 4.28. The Morgan fingerprint density at radius 1 is 1.24 bits per heavy atom. The van der Waals surface area contributed by atoms with Crippen LogP contribution in [0, 0.1) is 5.92 Å². The summed E-state index contributed by atoms with van der Waals surface area (Å²) in [6, 6.07) is 4.77. The van der Waals surface area contributed by atoms with E-state index in [1.165, 1.54) is 32.1 Å². The van der Waals surface area contributed by atoms with Gasteiger partial charge >= 0.3 is 0 Å². The molecule has 3 nitrogen and oxygen atoms in total. The highest BCUT2D eigenvalue weighted by molar-refractivity contribution is 5.41. The maximum absolute atomic E-state index is 9.04. The summed E-state index contributed by atoms with van der Waals surface area (Å²) in [4.78, 5) is 6.99. The number of hydrogen-bond donors (Lipinski definition) is 1. The van der Waals surface area contributed by atoms with Crippen LogP contribution in [0.2, 0.25) is 0 Å². The topological polar surface area (TPSA) is 36.4 Å². The van der Waals surface area contributed by atoms with Gasteiger partial charge in [-0.25, -0.2) is 4.98 Å². The van der Waals surface area contributed by atoms with Crippen molar-refractivity contribution in [2.24, 2.45) is 5.92 Å². The fourth-order valence-electron chi connectivity index (χ4n) is 3.42. The Balaban J connectivity index is 1.81. The molecule has 1 aliphatic heterocycles. The smallest absolute Gasteiger partial charge is 0.128 e. The van der Waals surface area contributed by atoms with E-state index in [0.29, 0.717) is 0 Å². The van der Waals surface area contributed by atoms with Crippen LogP contribution in [0.4, 0.5) is 5.82 Å². The number of nitrogens with zero attached hydrogens (tertiary/aromatic N) is 2. The van der Waals surface area contributed by atoms with Gasteiger partial charge in [0, 0.05) is 18.8 Å². The maximum atomic E-state index is 9.04. The lowest BCUT2D eigenvalue weighted by molar-refractivity contribution is 0.281. The molecule has 0 bridgehead atoms. The summed E-state index contributed by atoms with van der Waals surface area (Å²) in [6.45, 7) is 1.23. The highest BCUT2D eigenvalue weighted by Crippen LogP contribution is 2.38. The van der Waals surface area contributed by atoms with Crippen molar-refractivity contribution in [3.63, 3.8) is 0 Å². The largest absolute Gasteiger partial charge is 0.392 e. The molecule has 0 amide bonds. The first-order valence-corrected chi connectivity index (χ1v) is 6.71. The molecule has 17 heavy (non-hydrogen) atoms. The first kappa shape index (κ1) is 11.0. The zero-order chi connectivity index (χ0) is 11.7. The van der Waals surface area contributed by atoms with Crippen molar-refractivity contribution < 1.29 is 5.11 Å². The molecule has 1 saturated carbocycles. The third kappa shape index (κ3) is 2.04. The third-order valence-corrected chi connectivity index (χ3v) is 4.28. The average Bonchev–Trinajstić information content (AvgIpc) is 2.87. The molecule has 1 aliphatic carbocycles. The zero-order valence-electron chi connectivity index (χ0n) is 10.2. The van der Waals surface area contributed by atoms with Crippen molar-refractivity contribution in [3.8, 4) is 0 Å². The van der Waals surface area contributed by atoms with Crippen molar-refractivity contribution >= 4 is 5.82 Å². The average molecular weight is 232 g/mol. The Morgan fingerprint density at radius 2 is 2.12 bits per heavy atom. The minimum Gasteiger partial charge on any atom is -0.392 e. The number of pyridine rings is 1. The second-order valence-corrected chi connectivity index (χ2v) is 5.28. The first-order valence-electron chi connectivity index (χ1n) is 6.71. The first-order chi connectivity index (χ1) is 8.38. The van der Waals surface area contributed by atoms with E-state index in [9.17, 15) is 0 Å². The van der Waals surface area contributed by atoms with Crippen LogP contribution in [0.25, 0.3) is 0 Å². The quantitative estimate of drug-likeness (QED) is 0.850. The van der Waals surface area contributed by atoms with E-state index >= 15 is 0 Å². The van der Waals surface area contributed by atoms with Crippen LogP contribution < -0.4 is 4.90 Å². The van der Waals surface area contributed by atoms with Gasteiger partial charge in [-0.1, -0.05) is 12.5 Å². The van der Waals surface area contributed by atoms with Gasteiger partial charge in [0.2, 0.25) is 0 Å². The van der Waals surface area contributed by atoms with E-state index in [4.69, 9.17) is 5.11 Å². The second-order valence-electron chi connectivity index (χ2n) is 5.28. The molecule has 1 saturated heterocycles. The minimum absolute atomic E-state index is 0.0827. The Labute approximate surface area is 102 Å². The summed E-state index contributed by atoms with van der Waals surface area (Å²) in [7, 11) is 0. The van der Waals surface area contributed by atoms with E-state index in [1.807, 2.05) is 6.07 Å². The van der Waals surface area contributed by atoms with Crippen molar-refractivity contribution in [2.75, 3.05) is 11.4 Å². The maximum Gasteiger partial charge on any atom is 0.128 e. The molecule has 0 aromatic carbocycles. The SMILES string of the molecule is OCc1ccc(N2CCCC3CCCC32)nc1. The number of rotatable bonds is 2. The second kappa shape index (κ2) is 4.65. The van der Waals surface area contributed by atoms with Crippen molar-refractivity contribution in [3.05, 3.63) is 23.9 Å². The van der Waals surface area contributed by atoms with Gasteiger partial charge < -0.3 is 10.0 Å². The van der Waals surface area contributed by atoms with Gasteiger partial charge in [-0.15, -0.1) is 0 Å². The van der Waals surface area contributed by atoms with E-state index < -0.39 is 0 Å². The summed E-state index contributed by atoms with van der Waals surface area (Å²) >= 11 is 0. The number of aliphatic hydroxyl groups excluding tert-OH is 1. The fraction of sp³-hybridized carbons (Fsp3) is 0.643. The van der Waals surface area contributed by atoms with Crippen molar-refractivity contribution in [2.45, 2.75) is 44.8 Å². The van der Waals surface area contributed by atoms with Gasteiger partial charge in [0.25, 0.3) is 0 Å². The summed E-state index contributed by atoms with van der Waals surface area (Å²) < 4.78 is 0. The van der Waals surface area contributed by atoms with E-state index in [0.717, 1.165) is 29.9 Å². The van der Waals surface area contributed by atoms with Crippen molar-refractivity contribution in [1.29, 1.82) is 0 Å². The van der Waals surface area contributed by atoms with E-state index in [-0.39, 0.29) is 6.61 Å². The predicted octanol–water partition coefficient (Wildman–Crippen LogP) is 2.34. The zero-order valence-corrected chi connectivity index (χ0v) is 10.2. The summed E-state index contributed by atoms with van der Waals surface area (Å²) in [6.07, 6.45) is 8.60. The lowest BCUT2D eigenvalue weighted by atomic mass is 9.92. The van der Waals surface area contributed by atoms with Gasteiger partial charge in [0.15, 0.2) is 0 Å². The van der Waals surface area contributed by atoms with Crippen LogP contribution in [-0.4, -0.2) is 22.7 Å². The number of anilines is 1. The van der Waals surface area contributed by atoms with E-state index in [2.05, 4.69) is 16.0 Å². The molecule has 3 heteroatoms. The molecule has 0 spiro atoms. The number of piperidine rings is 1. The van der Waals surface area contributed by atoms with Crippen LogP contribution in [0.1, 0.15) is 37.7 Å². The molecule has 1 aromatic heterocycles. The van der Waals surface area contributed by atoms with Crippen LogP contribution in [-0.2, 0) is 6.61 Å². The lowest BCUT2D eigenvalue weighted by Crippen LogP contribution is -2.43. The van der Waals surface area contributed by atoms with Gasteiger partial charge in [-0.3, -0.25) is 0 Å². The number of fused-ring (bicyclic) bond motifs is 1. The number of aliphatic hydroxyl groups is 1. The fourth-order valence-corrected chi connectivity index (χ4v) is 3.42. The molecule has 1 aromatic rings. The van der Waals surface area contributed by atoms with E-state index in [1.54, 1.807) is 6.20 Å². The monoisotopic (exact) mass is 232 g/mol. The normalized spacial score (nSPS) is 28.2. The van der Waals surface area contributed by atoms with Gasteiger partial charge in [-0.05, 0) is 43.2 Å². The summed E-state index contributed by atoms with van der Waals surface area (Å²) in [5.41, 5.74) is 0.897. The summed E-state index contributed by atoms with van der Waals surface area (Å²) in [5, 5.41) is 9.04. The predicted molar refractivity (Wildman–Crippen MR) is 67.9 cm³/mol. The molecule has 2 unspecified atom stereocenters. The van der Waals surface area contributed by atoms with Crippen LogP contribution in [0.15, 0.2) is 18.3 Å². The highest BCUT2D eigenvalue weighted by Gasteiger charge is 2.35. The molecule has 2 atom stereocenters. The lowest BCUT2D eigenvalue weighted by Gasteiger charge is -2.38. The Morgan fingerprint density at radius 3 is 2.88 bits per heavy atom. The molecular formula is C14H20N2O. The van der Waals surface area contributed by atoms with Crippen LogP contribution in [0.5, 0.6) is 0 Å². The van der Waals surface area contributed by atoms with Crippen molar-refractivity contribution in [1.82, 2.24) is 4.98 Å². The van der Waals surface area contributed by atoms with Gasteiger partial charge in [-0.2, -0.15) is 0 Å². The number of hydrogen-bond acceptors (Lipinski definition) is 3. The van der Waals surface area contributed by atoms with Crippen LogP contribution in [0.3, 0.4) is 0 Å². The van der Waals surface area contributed by atoms with Gasteiger partial charge in [0.05, 0.1) is 6.61 Å². The Kier molecular flexibility index (Phi) is 3.02. The number of aromatic nitrogens is 1. The summed E-state index contributed by atoms with van der Waals surface area (Å²) in [5.74, 6) is 1.99. The Hall–Kier alpha value is -1.09. The molecule has 2 fully saturated rings. The molecule has 1 N–H and O–H groups in total. The standard InChI is InChI=1S/C14H20N2O/c17-10-11-6-7-14(15-9-11)16-8-2-4-12-3-1-5-13(12)16/h6-7,9,12-13,17H,1-5,8,10H2. The molecule has 0 radical (unpaired) electrons. The van der Waals surface area contributed by atoms with Gasteiger partial charge in [0.1, 0.15) is 5.82 Å². The molecule has 2 aliphatic rings. The molecule has 3 rings (SSSR count). The molecule has 92 valence electrons.